The number of hydroxylamine groups is 1. The summed E-state index contributed by atoms with van der Waals surface area (Å²) in [5.41, 5.74) is 3.58. The minimum atomic E-state index is -0.105. The molecule has 0 bridgehead atoms. The zero-order valence-corrected chi connectivity index (χ0v) is 10.1. The standard InChI is InChI=1S/C12H15N3O3/c1-14-7-12(17)15(8-11(14)16)10-4-2-3-9(5-10)6-13-18/h2-5,13,18H,6-8H2,1H3. The largest absolute Gasteiger partial charge is 0.335 e. The predicted octanol–water partition coefficient (Wildman–Crippen LogP) is -0.0296. The van der Waals surface area contributed by atoms with E-state index in [0.717, 1.165) is 5.56 Å². The Morgan fingerprint density at radius 2 is 2.06 bits per heavy atom. The van der Waals surface area contributed by atoms with Gasteiger partial charge in [-0.05, 0) is 17.7 Å². The topological polar surface area (TPSA) is 72.9 Å². The summed E-state index contributed by atoms with van der Waals surface area (Å²) in [4.78, 5) is 26.4. The van der Waals surface area contributed by atoms with Crippen molar-refractivity contribution in [2.45, 2.75) is 6.54 Å². The van der Waals surface area contributed by atoms with E-state index in [1.165, 1.54) is 9.80 Å². The fourth-order valence-corrected chi connectivity index (χ4v) is 1.88. The molecule has 0 saturated carbocycles. The van der Waals surface area contributed by atoms with E-state index >= 15 is 0 Å². The van der Waals surface area contributed by atoms with Crippen LogP contribution in [0.2, 0.25) is 0 Å². The lowest BCUT2D eigenvalue weighted by Crippen LogP contribution is -2.52. The van der Waals surface area contributed by atoms with Crippen LogP contribution in [-0.2, 0) is 16.1 Å². The third-order valence-corrected chi connectivity index (χ3v) is 2.90. The SMILES string of the molecule is CN1CC(=O)N(c2cccc(CNO)c2)CC1=O. The van der Waals surface area contributed by atoms with Gasteiger partial charge in [-0.2, -0.15) is 0 Å². The molecular weight excluding hydrogens is 234 g/mol. The van der Waals surface area contributed by atoms with E-state index in [1.807, 2.05) is 6.07 Å². The number of amides is 2. The van der Waals surface area contributed by atoms with Crippen LogP contribution < -0.4 is 10.4 Å². The van der Waals surface area contributed by atoms with Crippen molar-refractivity contribution >= 4 is 17.5 Å². The highest BCUT2D eigenvalue weighted by Gasteiger charge is 2.28. The van der Waals surface area contributed by atoms with Gasteiger partial charge in [0.05, 0.1) is 6.54 Å². The second-order valence-corrected chi connectivity index (χ2v) is 4.23. The van der Waals surface area contributed by atoms with Crippen molar-refractivity contribution in [2.75, 3.05) is 25.0 Å². The molecule has 0 radical (unpaired) electrons. The van der Waals surface area contributed by atoms with Gasteiger partial charge in [0.25, 0.3) is 0 Å². The van der Waals surface area contributed by atoms with Gasteiger partial charge in [-0.15, -0.1) is 0 Å². The van der Waals surface area contributed by atoms with Crippen molar-refractivity contribution < 1.29 is 14.8 Å². The molecule has 1 aromatic rings. The van der Waals surface area contributed by atoms with E-state index in [1.54, 1.807) is 25.2 Å². The Labute approximate surface area is 105 Å². The summed E-state index contributed by atoms with van der Waals surface area (Å²) in [6.45, 7) is 0.455. The summed E-state index contributed by atoms with van der Waals surface area (Å²) in [6.07, 6.45) is 0. The Kier molecular flexibility index (Phi) is 3.59. The highest BCUT2D eigenvalue weighted by molar-refractivity contribution is 6.04. The van der Waals surface area contributed by atoms with Gasteiger partial charge in [0, 0.05) is 19.3 Å². The van der Waals surface area contributed by atoms with Gasteiger partial charge in [-0.3, -0.25) is 9.59 Å². The Morgan fingerprint density at radius 1 is 1.28 bits per heavy atom. The van der Waals surface area contributed by atoms with Crippen molar-refractivity contribution in [2.24, 2.45) is 0 Å². The van der Waals surface area contributed by atoms with Crippen molar-refractivity contribution in [1.29, 1.82) is 0 Å². The van der Waals surface area contributed by atoms with Gasteiger partial charge in [0.15, 0.2) is 0 Å². The zero-order chi connectivity index (χ0) is 13.1. The number of carbonyl (C=O) groups is 2. The molecule has 2 N–H and O–H groups in total. The molecule has 2 rings (SSSR count). The normalized spacial score (nSPS) is 16.3. The van der Waals surface area contributed by atoms with Crippen LogP contribution in [0, 0.1) is 0 Å². The number of likely N-dealkylation sites (N-methyl/N-ethyl adjacent to an activating group) is 1. The molecule has 0 spiro atoms. The van der Waals surface area contributed by atoms with Gasteiger partial charge >= 0.3 is 0 Å². The van der Waals surface area contributed by atoms with Crippen LogP contribution in [0.15, 0.2) is 24.3 Å². The van der Waals surface area contributed by atoms with Crippen LogP contribution in [0.3, 0.4) is 0 Å². The first-order valence-corrected chi connectivity index (χ1v) is 5.62. The molecule has 1 aromatic carbocycles. The highest BCUT2D eigenvalue weighted by atomic mass is 16.5. The summed E-state index contributed by atoms with van der Waals surface area (Å²) >= 11 is 0. The molecule has 6 nitrogen and oxygen atoms in total. The van der Waals surface area contributed by atoms with Gasteiger partial charge in [0.2, 0.25) is 11.8 Å². The predicted molar refractivity (Wildman–Crippen MR) is 65.1 cm³/mol. The quantitative estimate of drug-likeness (QED) is 0.738. The third-order valence-electron chi connectivity index (χ3n) is 2.90. The molecule has 18 heavy (non-hydrogen) atoms. The van der Waals surface area contributed by atoms with Gasteiger partial charge in [0.1, 0.15) is 6.54 Å². The number of rotatable bonds is 3. The Bertz CT molecular complexity index is 475. The molecule has 2 amide bonds. The lowest BCUT2D eigenvalue weighted by Gasteiger charge is -2.31. The van der Waals surface area contributed by atoms with E-state index in [-0.39, 0.29) is 24.9 Å². The lowest BCUT2D eigenvalue weighted by atomic mass is 10.1. The van der Waals surface area contributed by atoms with Crippen LogP contribution >= 0.6 is 0 Å². The average Bonchev–Trinajstić information content (AvgIpc) is 2.34. The van der Waals surface area contributed by atoms with Crippen molar-refractivity contribution in [3.63, 3.8) is 0 Å². The number of hydrogen-bond acceptors (Lipinski definition) is 4. The number of hydrogen-bond donors (Lipinski definition) is 2. The first kappa shape index (κ1) is 12.5. The molecule has 1 fully saturated rings. The number of nitrogens with zero attached hydrogens (tertiary/aromatic N) is 2. The molecule has 6 heteroatoms. The van der Waals surface area contributed by atoms with E-state index in [0.29, 0.717) is 12.2 Å². The zero-order valence-electron chi connectivity index (χ0n) is 10.1. The van der Waals surface area contributed by atoms with Crippen LogP contribution in [0.1, 0.15) is 5.56 Å². The molecule has 0 aliphatic carbocycles. The van der Waals surface area contributed by atoms with Crippen LogP contribution in [0.4, 0.5) is 5.69 Å². The monoisotopic (exact) mass is 249 g/mol. The smallest absolute Gasteiger partial charge is 0.247 e. The van der Waals surface area contributed by atoms with E-state index < -0.39 is 0 Å². The van der Waals surface area contributed by atoms with Gasteiger partial charge in [-0.25, -0.2) is 5.48 Å². The average molecular weight is 249 g/mol. The lowest BCUT2D eigenvalue weighted by molar-refractivity contribution is -0.136. The summed E-state index contributed by atoms with van der Waals surface area (Å²) in [6, 6.07) is 7.17. The van der Waals surface area contributed by atoms with Crippen LogP contribution in [0.5, 0.6) is 0 Å². The molecular formula is C12H15N3O3. The minimum Gasteiger partial charge on any atom is -0.335 e. The second-order valence-electron chi connectivity index (χ2n) is 4.23. The van der Waals surface area contributed by atoms with Gasteiger partial charge in [-0.1, -0.05) is 12.1 Å². The summed E-state index contributed by atoms with van der Waals surface area (Å²) in [5, 5.41) is 8.66. The van der Waals surface area contributed by atoms with Crippen LogP contribution in [-0.4, -0.2) is 42.1 Å². The second kappa shape index (κ2) is 5.16. The molecule has 1 saturated heterocycles. The molecule has 0 atom stereocenters. The Morgan fingerprint density at radius 3 is 2.78 bits per heavy atom. The highest BCUT2D eigenvalue weighted by Crippen LogP contribution is 2.19. The van der Waals surface area contributed by atoms with E-state index in [4.69, 9.17) is 5.21 Å². The maximum absolute atomic E-state index is 11.9. The molecule has 1 aliphatic rings. The molecule has 1 heterocycles. The Balaban J connectivity index is 2.22. The first-order valence-electron chi connectivity index (χ1n) is 5.62. The number of nitrogens with one attached hydrogen (secondary N) is 1. The fraction of sp³-hybridized carbons (Fsp3) is 0.333. The number of anilines is 1. The summed E-state index contributed by atoms with van der Waals surface area (Å²) in [5.74, 6) is -0.188. The number of benzene rings is 1. The maximum atomic E-state index is 11.9. The van der Waals surface area contributed by atoms with Crippen molar-refractivity contribution in [3.05, 3.63) is 29.8 Å². The third kappa shape index (κ3) is 2.49. The van der Waals surface area contributed by atoms with Crippen molar-refractivity contribution in [1.82, 2.24) is 10.4 Å². The summed E-state index contributed by atoms with van der Waals surface area (Å²) < 4.78 is 0. The summed E-state index contributed by atoms with van der Waals surface area (Å²) in [7, 11) is 1.61. The molecule has 0 unspecified atom stereocenters. The number of piperazine rings is 1. The molecule has 96 valence electrons. The Hall–Kier alpha value is -1.92. The molecule has 1 aliphatic heterocycles. The van der Waals surface area contributed by atoms with Gasteiger partial charge < -0.3 is 15.0 Å². The molecule has 0 aromatic heterocycles. The van der Waals surface area contributed by atoms with E-state index in [9.17, 15) is 9.59 Å². The number of carbonyl (C=O) groups excluding carboxylic acids is 2. The van der Waals surface area contributed by atoms with E-state index in [2.05, 4.69) is 5.48 Å². The minimum absolute atomic E-state index is 0.0609. The fourth-order valence-electron chi connectivity index (χ4n) is 1.88. The van der Waals surface area contributed by atoms with Crippen molar-refractivity contribution in [3.8, 4) is 0 Å². The maximum Gasteiger partial charge on any atom is 0.247 e. The first-order chi connectivity index (χ1) is 8.61. The van der Waals surface area contributed by atoms with Crippen LogP contribution in [0.25, 0.3) is 0 Å².